The second kappa shape index (κ2) is 8.63. The van der Waals surface area contributed by atoms with E-state index in [2.05, 4.69) is 53.6 Å². The molecule has 27 heavy (non-hydrogen) atoms. The highest BCUT2D eigenvalue weighted by molar-refractivity contribution is 7.71. The molecule has 0 saturated carbocycles. The highest BCUT2D eigenvalue weighted by atomic mass is 32.1. The van der Waals surface area contributed by atoms with E-state index in [9.17, 15) is 4.79 Å². The molecular weight excluding hydrogens is 376 g/mol. The van der Waals surface area contributed by atoms with E-state index in [1.165, 1.54) is 5.56 Å². The molecule has 0 bridgehead atoms. The Morgan fingerprint density at radius 2 is 2.00 bits per heavy atom. The molecule has 5 nitrogen and oxygen atoms in total. The van der Waals surface area contributed by atoms with E-state index < -0.39 is 0 Å². The third-order valence-electron chi connectivity index (χ3n) is 4.30. The SMILES string of the molecule is CC(C)Cc1ccc(C(C)NC(=O)Cn2c(-c3cccs3)n[nH]c2=S)cc1. The highest BCUT2D eigenvalue weighted by Crippen LogP contribution is 2.23. The average Bonchev–Trinajstić information content (AvgIpc) is 3.25. The zero-order valence-electron chi connectivity index (χ0n) is 15.7. The van der Waals surface area contributed by atoms with Gasteiger partial charge < -0.3 is 5.32 Å². The number of hydrogen-bond acceptors (Lipinski definition) is 4. The number of amides is 1. The number of aromatic nitrogens is 3. The lowest BCUT2D eigenvalue weighted by molar-refractivity contribution is -0.122. The van der Waals surface area contributed by atoms with Crippen LogP contribution in [0.3, 0.4) is 0 Å². The number of benzene rings is 1. The Morgan fingerprint density at radius 3 is 2.63 bits per heavy atom. The predicted molar refractivity (Wildman–Crippen MR) is 112 cm³/mol. The van der Waals surface area contributed by atoms with Crippen LogP contribution in [-0.4, -0.2) is 20.7 Å². The van der Waals surface area contributed by atoms with Gasteiger partial charge in [-0.25, -0.2) is 0 Å². The van der Waals surface area contributed by atoms with Crippen molar-refractivity contribution in [2.75, 3.05) is 0 Å². The molecule has 0 radical (unpaired) electrons. The Labute approximate surface area is 168 Å². The first-order valence-electron chi connectivity index (χ1n) is 9.01. The van der Waals surface area contributed by atoms with Crippen LogP contribution >= 0.6 is 23.6 Å². The Bertz CT molecular complexity index is 939. The molecule has 0 spiro atoms. The fourth-order valence-corrected chi connectivity index (χ4v) is 3.90. The summed E-state index contributed by atoms with van der Waals surface area (Å²) in [5, 5.41) is 12.1. The molecule has 0 aliphatic heterocycles. The molecule has 2 aromatic heterocycles. The van der Waals surface area contributed by atoms with Gasteiger partial charge in [-0.05, 0) is 54.1 Å². The standard InChI is InChI=1S/C20H24N4OS2/c1-13(2)11-15-6-8-16(9-7-15)14(3)21-18(25)12-24-19(22-23-20(24)26)17-5-4-10-27-17/h4-10,13-14H,11-12H2,1-3H3,(H,21,25)(H,23,26). The molecule has 1 unspecified atom stereocenters. The lowest BCUT2D eigenvalue weighted by Gasteiger charge is -2.16. The van der Waals surface area contributed by atoms with Crippen LogP contribution in [0, 0.1) is 10.7 Å². The highest BCUT2D eigenvalue weighted by Gasteiger charge is 2.15. The van der Waals surface area contributed by atoms with Gasteiger partial charge in [-0.2, -0.15) is 5.10 Å². The molecule has 1 amide bonds. The zero-order chi connectivity index (χ0) is 19.4. The van der Waals surface area contributed by atoms with Gasteiger partial charge in [0.2, 0.25) is 5.91 Å². The van der Waals surface area contributed by atoms with Gasteiger partial charge in [-0.1, -0.05) is 44.2 Å². The van der Waals surface area contributed by atoms with E-state index in [-0.39, 0.29) is 18.5 Å². The van der Waals surface area contributed by atoms with Gasteiger partial charge in [0.1, 0.15) is 6.54 Å². The minimum Gasteiger partial charge on any atom is -0.348 e. The molecule has 1 aromatic carbocycles. The number of thiophene rings is 1. The largest absolute Gasteiger partial charge is 0.348 e. The van der Waals surface area contributed by atoms with Gasteiger partial charge in [-0.15, -0.1) is 11.3 Å². The van der Waals surface area contributed by atoms with Gasteiger partial charge in [0.15, 0.2) is 10.6 Å². The summed E-state index contributed by atoms with van der Waals surface area (Å²) in [6, 6.07) is 12.3. The molecule has 2 heterocycles. The molecule has 7 heteroatoms. The van der Waals surface area contributed by atoms with Crippen molar-refractivity contribution in [2.24, 2.45) is 5.92 Å². The van der Waals surface area contributed by atoms with Crippen LogP contribution < -0.4 is 5.32 Å². The lowest BCUT2D eigenvalue weighted by Crippen LogP contribution is -2.30. The molecule has 0 aliphatic rings. The smallest absolute Gasteiger partial charge is 0.240 e. The summed E-state index contributed by atoms with van der Waals surface area (Å²) in [6.07, 6.45) is 1.06. The summed E-state index contributed by atoms with van der Waals surface area (Å²) in [5.41, 5.74) is 2.41. The van der Waals surface area contributed by atoms with Crippen LogP contribution in [0.2, 0.25) is 0 Å². The van der Waals surface area contributed by atoms with E-state index in [1.54, 1.807) is 15.9 Å². The van der Waals surface area contributed by atoms with E-state index in [4.69, 9.17) is 12.2 Å². The summed E-state index contributed by atoms with van der Waals surface area (Å²) >= 11 is 6.86. The maximum Gasteiger partial charge on any atom is 0.240 e. The number of carbonyl (C=O) groups excluding carboxylic acids is 1. The van der Waals surface area contributed by atoms with Crippen molar-refractivity contribution in [3.05, 3.63) is 57.7 Å². The molecule has 1 atom stereocenters. The monoisotopic (exact) mass is 400 g/mol. The summed E-state index contributed by atoms with van der Waals surface area (Å²) in [7, 11) is 0. The summed E-state index contributed by atoms with van der Waals surface area (Å²) < 4.78 is 2.17. The van der Waals surface area contributed by atoms with Crippen molar-refractivity contribution >= 4 is 29.5 Å². The number of hydrogen-bond donors (Lipinski definition) is 2. The van der Waals surface area contributed by atoms with Crippen molar-refractivity contribution in [2.45, 2.75) is 39.8 Å². The van der Waals surface area contributed by atoms with Crippen molar-refractivity contribution in [3.8, 4) is 10.7 Å². The first-order chi connectivity index (χ1) is 12.9. The lowest BCUT2D eigenvalue weighted by atomic mass is 10.00. The maximum absolute atomic E-state index is 12.6. The summed E-state index contributed by atoms with van der Waals surface area (Å²) in [4.78, 5) is 13.5. The number of aromatic amines is 1. The summed E-state index contributed by atoms with van der Waals surface area (Å²) in [5.74, 6) is 1.23. The van der Waals surface area contributed by atoms with E-state index in [0.717, 1.165) is 16.9 Å². The topological polar surface area (TPSA) is 62.7 Å². The van der Waals surface area contributed by atoms with Crippen LogP contribution in [-0.2, 0) is 17.8 Å². The zero-order valence-corrected chi connectivity index (χ0v) is 17.4. The number of carbonyl (C=O) groups is 1. The molecule has 2 N–H and O–H groups in total. The molecule has 3 rings (SSSR count). The van der Waals surface area contributed by atoms with Gasteiger partial charge >= 0.3 is 0 Å². The third kappa shape index (κ3) is 4.93. The molecule has 3 aromatic rings. The van der Waals surface area contributed by atoms with Crippen molar-refractivity contribution < 1.29 is 4.79 Å². The summed E-state index contributed by atoms with van der Waals surface area (Å²) in [6.45, 7) is 6.55. The minimum atomic E-state index is -0.0935. The van der Waals surface area contributed by atoms with Crippen molar-refractivity contribution in [3.63, 3.8) is 0 Å². The van der Waals surface area contributed by atoms with Gasteiger partial charge in [0, 0.05) is 0 Å². The average molecular weight is 401 g/mol. The first-order valence-corrected chi connectivity index (χ1v) is 10.3. The predicted octanol–water partition coefficient (Wildman–Crippen LogP) is 4.75. The Morgan fingerprint density at radius 1 is 1.26 bits per heavy atom. The Hall–Kier alpha value is -2.25. The maximum atomic E-state index is 12.6. The van der Waals surface area contributed by atoms with Crippen LogP contribution in [0.4, 0.5) is 0 Å². The fourth-order valence-electron chi connectivity index (χ4n) is 2.99. The first kappa shape index (κ1) is 19.5. The van der Waals surface area contributed by atoms with Crippen LogP contribution in [0.25, 0.3) is 10.7 Å². The normalized spacial score (nSPS) is 12.3. The molecule has 0 saturated heterocycles. The fraction of sp³-hybridized carbons (Fsp3) is 0.350. The van der Waals surface area contributed by atoms with Gasteiger partial charge in [-0.3, -0.25) is 14.5 Å². The van der Waals surface area contributed by atoms with Crippen LogP contribution in [0.5, 0.6) is 0 Å². The van der Waals surface area contributed by atoms with E-state index in [0.29, 0.717) is 16.5 Å². The van der Waals surface area contributed by atoms with Crippen LogP contribution in [0.15, 0.2) is 41.8 Å². The number of rotatable bonds is 7. The van der Waals surface area contributed by atoms with E-state index in [1.807, 2.05) is 24.4 Å². The quantitative estimate of drug-likeness (QED) is 0.563. The van der Waals surface area contributed by atoms with Crippen LogP contribution in [0.1, 0.15) is 37.9 Å². The molecule has 142 valence electrons. The van der Waals surface area contributed by atoms with E-state index >= 15 is 0 Å². The van der Waals surface area contributed by atoms with Gasteiger partial charge in [0.25, 0.3) is 0 Å². The number of nitrogens with zero attached hydrogens (tertiary/aromatic N) is 2. The van der Waals surface area contributed by atoms with Gasteiger partial charge in [0.05, 0.1) is 10.9 Å². The second-order valence-corrected chi connectivity index (χ2v) is 8.38. The molecule has 0 aliphatic carbocycles. The van der Waals surface area contributed by atoms with Crippen molar-refractivity contribution in [1.29, 1.82) is 0 Å². The molecule has 0 fully saturated rings. The number of H-pyrrole nitrogens is 1. The van der Waals surface area contributed by atoms with Crippen molar-refractivity contribution in [1.82, 2.24) is 20.1 Å². The second-order valence-electron chi connectivity index (χ2n) is 7.04. The number of nitrogens with one attached hydrogen (secondary N) is 2. The third-order valence-corrected chi connectivity index (χ3v) is 5.48. The minimum absolute atomic E-state index is 0.0724. The molecular formula is C20H24N4OS2. The Balaban J connectivity index is 1.66. The Kier molecular flexibility index (Phi) is 6.23.